The molecule has 0 radical (unpaired) electrons. The molecule has 1 aromatic carbocycles. The highest BCUT2D eigenvalue weighted by Gasteiger charge is 2.17. The van der Waals surface area contributed by atoms with Gasteiger partial charge in [-0.05, 0) is 17.9 Å². The number of nitrogens with one attached hydrogen (secondary N) is 1. The van der Waals surface area contributed by atoms with Crippen LogP contribution < -0.4 is 10.3 Å². The number of hydrogen-bond acceptors (Lipinski definition) is 6. The van der Waals surface area contributed by atoms with E-state index in [0.717, 1.165) is 34.1 Å². The molecule has 1 aromatic heterocycles. The number of fused-ring (bicyclic) bond motifs is 1. The molecule has 0 atom stereocenters. The molecule has 0 saturated carbocycles. The van der Waals surface area contributed by atoms with E-state index >= 15 is 0 Å². The molecule has 0 unspecified atom stereocenters. The van der Waals surface area contributed by atoms with Gasteiger partial charge in [-0.2, -0.15) is 11.8 Å². The lowest BCUT2D eigenvalue weighted by Crippen LogP contribution is -2.13. The maximum atomic E-state index is 11.8. The summed E-state index contributed by atoms with van der Waals surface area (Å²) in [5.74, 6) is 3.15. The highest BCUT2D eigenvalue weighted by atomic mass is 35.5. The van der Waals surface area contributed by atoms with Crippen molar-refractivity contribution in [1.82, 2.24) is 9.97 Å². The van der Waals surface area contributed by atoms with Crippen molar-refractivity contribution >= 4 is 35.1 Å². The quantitative estimate of drug-likeness (QED) is 0.603. The van der Waals surface area contributed by atoms with Crippen molar-refractivity contribution in [2.24, 2.45) is 0 Å². The molecule has 5 nitrogen and oxygen atoms in total. The normalized spacial score (nSPS) is 13.4. The Morgan fingerprint density at radius 1 is 1.33 bits per heavy atom. The van der Waals surface area contributed by atoms with Gasteiger partial charge in [0.15, 0.2) is 11.9 Å². The zero-order chi connectivity index (χ0) is 16.9. The minimum Gasteiger partial charge on any atom is -0.467 e. The Morgan fingerprint density at radius 3 is 3.04 bits per heavy atom. The summed E-state index contributed by atoms with van der Waals surface area (Å²) in [5, 5.41) is 1.25. The summed E-state index contributed by atoms with van der Waals surface area (Å²) < 4.78 is 10.9. The van der Waals surface area contributed by atoms with Gasteiger partial charge in [-0.1, -0.05) is 30.3 Å². The third-order valence-corrected chi connectivity index (χ3v) is 5.39. The monoisotopic (exact) mass is 384 g/mol. The van der Waals surface area contributed by atoms with Crippen molar-refractivity contribution in [3.8, 4) is 5.75 Å². The first-order valence-corrected chi connectivity index (χ1v) is 10.00. The summed E-state index contributed by atoms with van der Waals surface area (Å²) in [6.07, 6.45) is 0. The highest BCUT2D eigenvalue weighted by molar-refractivity contribution is 7.98. The fourth-order valence-electron chi connectivity index (χ4n) is 2.34. The van der Waals surface area contributed by atoms with E-state index in [1.54, 1.807) is 17.8 Å². The Bertz CT molecular complexity index is 782. The molecule has 1 aliphatic rings. The smallest absolute Gasteiger partial charge is 0.251 e. The van der Waals surface area contributed by atoms with Gasteiger partial charge in [0.1, 0.15) is 5.75 Å². The van der Waals surface area contributed by atoms with Crippen molar-refractivity contribution in [2.75, 3.05) is 12.5 Å². The Balaban J connectivity index is 1.77. The number of ether oxygens (including phenoxy) is 2. The Kier molecular flexibility index (Phi) is 6.10. The predicted molar refractivity (Wildman–Crippen MR) is 98.0 cm³/mol. The summed E-state index contributed by atoms with van der Waals surface area (Å²) in [4.78, 5) is 19.1. The minimum atomic E-state index is -0.128. The second kappa shape index (κ2) is 8.29. The third-order valence-electron chi connectivity index (χ3n) is 3.34. The molecule has 3 rings (SSSR count). The van der Waals surface area contributed by atoms with E-state index in [1.165, 1.54) is 11.8 Å². The van der Waals surface area contributed by atoms with Gasteiger partial charge < -0.3 is 14.5 Å². The molecule has 2 aromatic rings. The minimum absolute atomic E-state index is 0.128. The zero-order valence-corrected chi connectivity index (χ0v) is 15.5. The number of thioether (sulfide) groups is 2. The molecule has 8 heteroatoms. The second-order valence-electron chi connectivity index (χ2n) is 5.13. The van der Waals surface area contributed by atoms with Gasteiger partial charge in [-0.15, -0.1) is 0 Å². The summed E-state index contributed by atoms with van der Waals surface area (Å²) in [5.41, 5.74) is 2.59. The van der Waals surface area contributed by atoms with Crippen LogP contribution in [0.5, 0.6) is 5.75 Å². The zero-order valence-electron chi connectivity index (χ0n) is 13.1. The third kappa shape index (κ3) is 4.47. The van der Waals surface area contributed by atoms with Gasteiger partial charge in [0.05, 0.1) is 12.3 Å². The molecule has 0 aliphatic carbocycles. The fourth-order valence-corrected chi connectivity index (χ4v) is 4.03. The molecule has 1 N–H and O–H groups in total. The van der Waals surface area contributed by atoms with Gasteiger partial charge in [-0.25, -0.2) is 4.98 Å². The molecule has 0 amide bonds. The maximum Gasteiger partial charge on any atom is 0.251 e. The number of H-pyrrole nitrogens is 1. The van der Waals surface area contributed by atoms with Gasteiger partial charge in [0.25, 0.3) is 5.56 Å². The summed E-state index contributed by atoms with van der Waals surface area (Å²) in [7, 11) is 0. The van der Waals surface area contributed by atoms with E-state index in [4.69, 9.17) is 21.1 Å². The fraction of sp³-hybridized carbons (Fsp3) is 0.375. The van der Waals surface area contributed by atoms with Crippen LogP contribution in [0.3, 0.4) is 0 Å². The van der Waals surface area contributed by atoms with Crippen LogP contribution in [0.2, 0.25) is 5.02 Å². The lowest BCUT2D eigenvalue weighted by atomic mass is 10.1. The van der Waals surface area contributed by atoms with E-state index in [2.05, 4.69) is 16.9 Å². The van der Waals surface area contributed by atoms with Crippen molar-refractivity contribution in [1.29, 1.82) is 0 Å². The molecular formula is C16H17ClN2O3S2. The average molecular weight is 385 g/mol. The molecule has 0 bridgehead atoms. The number of aromatic nitrogens is 2. The van der Waals surface area contributed by atoms with Gasteiger partial charge in [0.2, 0.25) is 0 Å². The molecular weight excluding hydrogens is 368 g/mol. The molecule has 0 saturated heterocycles. The Morgan fingerprint density at radius 2 is 2.21 bits per heavy atom. The van der Waals surface area contributed by atoms with Crippen LogP contribution >= 0.6 is 35.1 Å². The largest absolute Gasteiger partial charge is 0.467 e. The molecule has 0 spiro atoms. The number of nitrogens with zero attached hydrogens (tertiary/aromatic N) is 1. The van der Waals surface area contributed by atoms with Gasteiger partial charge in [0, 0.05) is 33.7 Å². The van der Waals surface area contributed by atoms with Crippen LogP contribution in [0.15, 0.2) is 28.2 Å². The highest BCUT2D eigenvalue weighted by Crippen LogP contribution is 2.34. The first-order valence-electron chi connectivity index (χ1n) is 7.48. The molecule has 2 heterocycles. The predicted octanol–water partition coefficient (Wildman–Crippen LogP) is 3.84. The summed E-state index contributed by atoms with van der Waals surface area (Å²) in [6, 6.07) is 5.29. The van der Waals surface area contributed by atoms with Crippen LogP contribution in [0, 0.1) is 0 Å². The number of halogens is 1. The van der Waals surface area contributed by atoms with Crippen molar-refractivity contribution < 1.29 is 9.47 Å². The number of benzene rings is 1. The molecule has 24 heavy (non-hydrogen) atoms. The lowest BCUT2D eigenvalue weighted by Gasteiger charge is -2.21. The van der Waals surface area contributed by atoms with E-state index in [-0.39, 0.29) is 12.4 Å². The lowest BCUT2D eigenvalue weighted by molar-refractivity contribution is -0.0168. The average Bonchev–Trinajstić information content (AvgIpc) is 2.57. The van der Waals surface area contributed by atoms with Crippen molar-refractivity contribution in [2.45, 2.75) is 30.2 Å². The molecule has 1 aliphatic heterocycles. The van der Waals surface area contributed by atoms with Crippen molar-refractivity contribution in [3.63, 3.8) is 0 Å². The van der Waals surface area contributed by atoms with E-state index in [0.29, 0.717) is 22.5 Å². The molecule has 128 valence electrons. The van der Waals surface area contributed by atoms with Crippen LogP contribution in [0.25, 0.3) is 0 Å². The van der Waals surface area contributed by atoms with E-state index < -0.39 is 0 Å². The van der Waals surface area contributed by atoms with Gasteiger partial charge >= 0.3 is 0 Å². The summed E-state index contributed by atoms with van der Waals surface area (Å²) >= 11 is 9.37. The van der Waals surface area contributed by atoms with Gasteiger partial charge in [-0.3, -0.25) is 4.79 Å². The van der Waals surface area contributed by atoms with Crippen LogP contribution in [-0.4, -0.2) is 22.5 Å². The summed E-state index contributed by atoms with van der Waals surface area (Å²) in [6.45, 7) is 2.82. The molecule has 0 fully saturated rings. The SMILES string of the molecule is CCSCc1cc(=O)[nH]c(SCc2cc(Cl)cc3c2OCOC3)n1. The topological polar surface area (TPSA) is 64.2 Å². The Hall–Kier alpha value is -1.15. The Labute approximate surface area is 153 Å². The standard InChI is InChI=1S/C16H17ClN2O3S2/c1-2-23-8-13-5-14(20)19-16(18-13)24-7-11-4-12(17)3-10-6-21-9-22-15(10)11/h3-5H,2,6-9H2,1H3,(H,18,19,20). The van der Waals surface area contributed by atoms with Crippen LogP contribution in [0.1, 0.15) is 23.7 Å². The van der Waals surface area contributed by atoms with Crippen LogP contribution in [0.4, 0.5) is 0 Å². The first-order chi connectivity index (χ1) is 11.7. The maximum absolute atomic E-state index is 11.8. The van der Waals surface area contributed by atoms with Crippen molar-refractivity contribution in [3.05, 3.63) is 50.4 Å². The van der Waals surface area contributed by atoms with E-state index in [9.17, 15) is 4.79 Å². The number of aromatic amines is 1. The first kappa shape index (κ1) is 17.7. The van der Waals surface area contributed by atoms with Crippen LogP contribution in [-0.2, 0) is 22.8 Å². The second-order valence-corrected chi connectivity index (χ2v) is 7.81. The number of rotatable bonds is 6. The number of hydrogen-bond donors (Lipinski definition) is 1. The van der Waals surface area contributed by atoms with E-state index in [1.807, 2.05) is 12.1 Å².